The highest BCUT2D eigenvalue weighted by atomic mass is 15.3. The van der Waals surface area contributed by atoms with E-state index in [1.54, 1.807) is 4.68 Å². The molecule has 3 nitrogen and oxygen atoms in total. The maximum atomic E-state index is 5.31. The van der Waals surface area contributed by atoms with Crippen LogP contribution in [0.3, 0.4) is 0 Å². The van der Waals surface area contributed by atoms with Crippen LogP contribution >= 0.6 is 0 Å². The predicted octanol–water partition coefficient (Wildman–Crippen LogP) is 0.874. The van der Waals surface area contributed by atoms with Crippen LogP contribution in [0.15, 0.2) is 12.3 Å². The first-order valence-electron chi connectivity index (χ1n) is 4.28. The van der Waals surface area contributed by atoms with E-state index in [0.29, 0.717) is 0 Å². The summed E-state index contributed by atoms with van der Waals surface area (Å²) in [6.07, 6.45) is 7.25. The molecule has 0 N–H and O–H groups in total. The van der Waals surface area contributed by atoms with E-state index in [1.165, 1.54) is 0 Å². The van der Waals surface area contributed by atoms with Crippen molar-refractivity contribution in [3.05, 3.63) is 18.0 Å². The van der Waals surface area contributed by atoms with Crippen molar-refractivity contribution in [3.8, 4) is 12.3 Å². The molecule has 0 bridgehead atoms. The summed E-state index contributed by atoms with van der Waals surface area (Å²) in [5.41, 5.74) is 1.05. The maximum absolute atomic E-state index is 5.31. The monoisotopic (exact) mass is 177 g/mol. The molecule has 1 atom stereocenters. The van der Waals surface area contributed by atoms with Crippen molar-refractivity contribution < 1.29 is 0 Å². The van der Waals surface area contributed by atoms with E-state index in [9.17, 15) is 0 Å². The van der Waals surface area contributed by atoms with Crippen LogP contribution in [0.5, 0.6) is 0 Å². The number of terminal acetylenes is 1. The molecule has 1 aromatic heterocycles. The third-order valence-corrected chi connectivity index (χ3v) is 2.08. The number of rotatable bonds is 3. The van der Waals surface area contributed by atoms with E-state index in [0.717, 1.165) is 12.2 Å². The first kappa shape index (κ1) is 9.82. The smallest absolute Gasteiger partial charge is 0.0764 e. The van der Waals surface area contributed by atoms with E-state index in [4.69, 9.17) is 6.42 Å². The third-order valence-electron chi connectivity index (χ3n) is 2.08. The number of aromatic nitrogens is 2. The summed E-state index contributed by atoms with van der Waals surface area (Å²) in [7, 11) is 3.91. The van der Waals surface area contributed by atoms with Crippen LogP contribution in [-0.2, 0) is 13.6 Å². The van der Waals surface area contributed by atoms with Gasteiger partial charge in [-0.1, -0.05) is 5.92 Å². The van der Waals surface area contributed by atoms with Crippen molar-refractivity contribution >= 4 is 0 Å². The van der Waals surface area contributed by atoms with Gasteiger partial charge in [-0.05, 0) is 20.0 Å². The van der Waals surface area contributed by atoms with E-state index >= 15 is 0 Å². The Kier molecular flexibility index (Phi) is 3.10. The quantitative estimate of drug-likeness (QED) is 0.639. The Labute approximate surface area is 79.4 Å². The topological polar surface area (TPSA) is 21.1 Å². The second-order valence-corrected chi connectivity index (χ2v) is 3.24. The largest absolute Gasteiger partial charge is 0.287 e. The predicted molar refractivity (Wildman–Crippen MR) is 53.0 cm³/mol. The van der Waals surface area contributed by atoms with Crippen LogP contribution < -0.4 is 0 Å². The van der Waals surface area contributed by atoms with Gasteiger partial charge in [-0.3, -0.25) is 9.58 Å². The highest BCUT2D eigenvalue weighted by Gasteiger charge is 2.07. The van der Waals surface area contributed by atoms with Crippen LogP contribution in [-0.4, -0.2) is 27.8 Å². The number of aryl methyl sites for hydroxylation is 1. The molecule has 0 spiro atoms. The normalized spacial score (nSPS) is 12.8. The van der Waals surface area contributed by atoms with Gasteiger partial charge in [0.25, 0.3) is 0 Å². The van der Waals surface area contributed by atoms with Crippen LogP contribution in [0.1, 0.15) is 12.6 Å². The third kappa shape index (κ3) is 2.60. The minimum atomic E-state index is 0.155. The molecular formula is C10H15N3. The molecule has 0 radical (unpaired) electrons. The molecule has 0 fully saturated rings. The zero-order valence-corrected chi connectivity index (χ0v) is 8.36. The zero-order chi connectivity index (χ0) is 9.84. The average molecular weight is 177 g/mol. The van der Waals surface area contributed by atoms with Crippen molar-refractivity contribution in [1.29, 1.82) is 0 Å². The molecule has 0 saturated carbocycles. The van der Waals surface area contributed by atoms with Crippen molar-refractivity contribution in [1.82, 2.24) is 14.7 Å². The van der Waals surface area contributed by atoms with Gasteiger partial charge in [0.15, 0.2) is 0 Å². The van der Waals surface area contributed by atoms with Crippen molar-refractivity contribution in [2.45, 2.75) is 19.5 Å². The van der Waals surface area contributed by atoms with Gasteiger partial charge in [0.2, 0.25) is 0 Å². The van der Waals surface area contributed by atoms with Crippen molar-refractivity contribution in [2.24, 2.45) is 7.05 Å². The Morgan fingerprint density at radius 1 is 1.77 bits per heavy atom. The fourth-order valence-corrected chi connectivity index (χ4v) is 1.07. The number of nitrogens with zero attached hydrogens (tertiary/aromatic N) is 3. The molecule has 1 aromatic rings. The zero-order valence-electron chi connectivity index (χ0n) is 8.36. The molecule has 0 aliphatic rings. The second-order valence-electron chi connectivity index (χ2n) is 3.24. The van der Waals surface area contributed by atoms with Crippen LogP contribution in [0, 0.1) is 12.3 Å². The summed E-state index contributed by atoms with van der Waals surface area (Å²) in [6, 6.07) is 2.15. The van der Waals surface area contributed by atoms with Gasteiger partial charge in [-0.15, -0.1) is 6.42 Å². The fraction of sp³-hybridized carbons (Fsp3) is 0.500. The molecule has 1 rings (SSSR count). The number of hydrogen-bond acceptors (Lipinski definition) is 2. The summed E-state index contributed by atoms with van der Waals surface area (Å²) in [6.45, 7) is 2.80. The van der Waals surface area contributed by atoms with Gasteiger partial charge >= 0.3 is 0 Å². The van der Waals surface area contributed by atoms with Gasteiger partial charge in [0, 0.05) is 19.8 Å². The SMILES string of the molecule is C#CC(C)N(C)Cc1ccn(C)n1. The summed E-state index contributed by atoms with van der Waals surface area (Å²) >= 11 is 0. The summed E-state index contributed by atoms with van der Waals surface area (Å²) in [5, 5.41) is 4.27. The van der Waals surface area contributed by atoms with Crippen LogP contribution in [0.4, 0.5) is 0 Å². The van der Waals surface area contributed by atoms with Crippen molar-refractivity contribution in [2.75, 3.05) is 7.05 Å². The molecule has 1 heterocycles. The molecule has 0 saturated heterocycles. The molecule has 0 aromatic carbocycles. The lowest BCUT2D eigenvalue weighted by molar-refractivity contribution is 0.292. The molecule has 3 heteroatoms. The molecule has 13 heavy (non-hydrogen) atoms. The lowest BCUT2D eigenvalue weighted by atomic mass is 10.3. The maximum Gasteiger partial charge on any atom is 0.0764 e. The standard InChI is InChI=1S/C10H15N3/c1-5-9(2)12(3)8-10-6-7-13(4)11-10/h1,6-7,9H,8H2,2-4H3. The van der Waals surface area contributed by atoms with Crippen molar-refractivity contribution in [3.63, 3.8) is 0 Å². The van der Waals surface area contributed by atoms with Crippen LogP contribution in [0.2, 0.25) is 0 Å². The van der Waals surface area contributed by atoms with E-state index in [-0.39, 0.29) is 6.04 Å². The lowest BCUT2D eigenvalue weighted by Crippen LogP contribution is -2.27. The van der Waals surface area contributed by atoms with Gasteiger partial charge < -0.3 is 0 Å². The molecule has 0 aliphatic heterocycles. The first-order valence-corrected chi connectivity index (χ1v) is 4.28. The molecule has 1 unspecified atom stereocenters. The Bertz CT molecular complexity index is 308. The number of hydrogen-bond donors (Lipinski definition) is 0. The molecular weight excluding hydrogens is 162 g/mol. The Hall–Kier alpha value is -1.27. The average Bonchev–Trinajstić information content (AvgIpc) is 2.49. The Balaban J connectivity index is 2.55. The van der Waals surface area contributed by atoms with E-state index < -0.39 is 0 Å². The highest BCUT2D eigenvalue weighted by molar-refractivity contribution is 5.02. The minimum absolute atomic E-state index is 0.155. The van der Waals surface area contributed by atoms with Gasteiger partial charge in [0.1, 0.15) is 0 Å². The summed E-state index contributed by atoms with van der Waals surface area (Å²) in [5.74, 6) is 2.68. The fourth-order valence-electron chi connectivity index (χ4n) is 1.07. The van der Waals surface area contributed by atoms with Gasteiger partial charge in [-0.2, -0.15) is 5.10 Å². The Morgan fingerprint density at radius 2 is 2.46 bits per heavy atom. The van der Waals surface area contributed by atoms with E-state index in [1.807, 2.05) is 33.3 Å². The highest BCUT2D eigenvalue weighted by Crippen LogP contribution is 2.02. The van der Waals surface area contributed by atoms with Crippen LogP contribution in [0.25, 0.3) is 0 Å². The lowest BCUT2D eigenvalue weighted by Gasteiger charge is -2.18. The molecule has 0 aliphatic carbocycles. The first-order chi connectivity index (χ1) is 6.13. The van der Waals surface area contributed by atoms with E-state index in [2.05, 4.69) is 15.9 Å². The van der Waals surface area contributed by atoms with Gasteiger partial charge in [-0.25, -0.2) is 0 Å². The Morgan fingerprint density at radius 3 is 2.92 bits per heavy atom. The molecule has 0 amide bonds. The van der Waals surface area contributed by atoms with Gasteiger partial charge in [0.05, 0.1) is 11.7 Å². The minimum Gasteiger partial charge on any atom is -0.287 e. The molecule has 70 valence electrons. The summed E-state index contributed by atoms with van der Waals surface area (Å²) < 4.78 is 1.80. The summed E-state index contributed by atoms with van der Waals surface area (Å²) in [4.78, 5) is 2.09. The second kappa shape index (κ2) is 4.11.